The molecule has 1 atom stereocenters. The highest BCUT2D eigenvalue weighted by Crippen LogP contribution is 2.15. The van der Waals surface area contributed by atoms with Crippen LogP contribution in [0.1, 0.15) is 12.5 Å². The zero-order valence-electron chi connectivity index (χ0n) is 12.8. The Morgan fingerprint density at radius 1 is 1.26 bits per heavy atom. The number of carbonyl (C=O) groups is 1. The molecule has 0 aliphatic heterocycles. The maximum Gasteiger partial charge on any atom is 0.411 e. The van der Waals surface area contributed by atoms with Crippen molar-refractivity contribution < 1.29 is 22.4 Å². The number of hydrogen-bond donors (Lipinski definition) is 2. The molecule has 0 fully saturated rings. The molecule has 1 unspecified atom stereocenters. The summed E-state index contributed by atoms with van der Waals surface area (Å²) in [5.41, 5.74) is 1.36. The average Bonchev–Trinajstić information content (AvgIpc) is 2.99. The molecule has 0 radical (unpaired) electrons. The fraction of sp³-hybridized carbons (Fsp3) is 0.267. The number of rotatable bonds is 6. The van der Waals surface area contributed by atoms with Gasteiger partial charge in [0.2, 0.25) is 10.0 Å². The standard InChI is InChI=1S/C15H18N2O5S/c1-11(9-12-7-8-22-10-12)17-23(19,20)14-5-3-13(4-6-14)16-15(18)21-2/h3-8,10-11,17H,9H2,1-2H3,(H,16,18). The third kappa shape index (κ3) is 4.83. The Morgan fingerprint density at radius 3 is 2.52 bits per heavy atom. The lowest BCUT2D eigenvalue weighted by molar-refractivity contribution is 0.187. The minimum absolute atomic E-state index is 0.118. The van der Waals surface area contributed by atoms with Crippen LogP contribution in [0.4, 0.5) is 10.5 Å². The summed E-state index contributed by atoms with van der Waals surface area (Å²) in [6.07, 6.45) is 3.03. The van der Waals surface area contributed by atoms with E-state index in [1.807, 2.05) is 0 Å². The van der Waals surface area contributed by atoms with Gasteiger partial charge in [-0.05, 0) is 49.2 Å². The van der Waals surface area contributed by atoms with E-state index >= 15 is 0 Å². The molecule has 23 heavy (non-hydrogen) atoms. The zero-order valence-corrected chi connectivity index (χ0v) is 13.6. The number of carbonyl (C=O) groups excluding carboxylic acids is 1. The third-order valence-electron chi connectivity index (χ3n) is 3.07. The molecule has 8 heteroatoms. The van der Waals surface area contributed by atoms with E-state index in [-0.39, 0.29) is 10.9 Å². The lowest BCUT2D eigenvalue weighted by Crippen LogP contribution is -2.34. The lowest BCUT2D eigenvalue weighted by atomic mass is 10.1. The number of anilines is 1. The van der Waals surface area contributed by atoms with Crippen LogP contribution in [-0.4, -0.2) is 27.7 Å². The molecule has 2 N–H and O–H groups in total. The molecular formula is C15H18N2O5S. The molecule has 0 spiro atoms. The zero-order chi connectivity index (χ0) is 16.9. The van der Waals surface area contributed by atoms with Crippen molar-refractivity contribution in [1.82, 2.24) is 4.72 Å². The summed E-state index contributed by atoms with van der Waals surface area (Å²) in [5.74, 6) is 0. The van der Waals surface area contributed by atoms with Gasteiger partial charge in [0.05, 0.1) is 24.5 Å². The largest absolute Gasteiger partial charge is 0.472 e. The second-order valence-electron chi connectivity index (χ2n) is 5.00. The molecule has 1 amide bonds. The Labute approximate surface area is 134 Å². The smallest absolute Gasteiger partial charge is 0.411 e. The number of amides is 1. The fourth-order valence-corrected chi connectivity index (χ4v) is 3.27. The first kappa shape index (κ1) is 17.0. The summed E-state index contributed by atoms with van der Waals surface area (Å²) >= 11 is 0. The van der Waals surface area contributed by atoms with Gasteiger partial charge in [0.1, 0.15) is 0 Å². The SMILES string of the molecule is COC(=O)Nc1ccc(S(=O)(=O)NC(C)Cc2ccoc2)cc1. The highest BCUT2D eigenvalue weighted by Gasteiger charge is 2.18. The van der Waals surface area contributed by atoms with Crippen LogP contribution in [0.15, 0.2) is 52.2 Å². The van der Waals surface area contributed by atoms with Gasteiger partial charge in [0.25, 0.3) is 0 Å². The highest BCUT2D eigenvalue weighted by atomic mass is 32.2. The number of methoxy groups -OCH3 is 1. The predicted octanol–water partition coefficient (Wildman–Crippen LogP) is 2.37. The van der Waals surface area contributed by atoms with Gasteiger partial charge in [-0.2, -0.15) is 0 Å². The van der Waals surface area contributed by atoms with Gasteiger partial charge < -0.3 is 9.15 Å². The van der Waals surface area contributed by atoms with Crippen LogP contribution in [0.2, 0.25) is 0 Å². The lowest BCUT2D eigenvalue weighted by Gasteiger charge is -2.13. The summed E-state index contributed by atoms with van der Waals surface area (Å²) in [6.45, 7) is 1.78. The van der Waals surface area contributed by atoms with Gasteiger partial charge in [-0.1, -0.05) is 0 Å². The van der Waals surface area contributed by atoms with Crippen LogP contribution >= 0.6 is 0 Å². The predicted molar refractivity (Wildman–Crippen MR) is 84.7 cm³/mol. The minimum Gasteiger partial charge on any atom is -0.472 e. The molecule has 0 saturated carbocycles. The molecule has 1 aromatic heterocycles. The van der Waals surface area contributed by atoms with Crippen molar-refractivity contribution in [1.29, 1.82) is 0 Å². The van der Waals surface area contributed by atoms with Crippen molar-refractivity contribution in [3.05, 3.63) is 48.4 Å². The van der Waals surface area contributed by atoms with Crippen molar-refractivity contribution in [2.75, 3.05) is 12.4 Å². The fourth-order valence-electron chi connectivity index (χ4n) is 2.02. The molecule has 1 aromatic carbocycles. The average molecular weight is 338 g/mol. The van der Waals surface area contributed by atoms with E-state index in [9.17, 15) is 13.2 Å². The van der Waals surface area contributed by atoms with Crippen LogP contribution in [-0.2, 0) is 21.2 Å². The Kier molecular flexibility index (Phi) is 5.41. The quantitative estimate of drug-likeness (QED) is 0.842. The molecule has 124 valence electrons. The monoisotopic (exact) mass is 338 g/mol. The summed E-state index contributed by atoms with van der Waals surface area (Å²) < 4.78 is 36.7. The summed E-state index contributed by atoms with van der Waals surface area (Å²) in [5, 5.41) is 2.45. The van der Waals surface area contributed by atoms with Gasteiger partial charge in [-0.15, -0.1) is 0 Å². The molecule has 0 bridgehead atoms. The molecule has 0 saturated heterocycles. The van der Waals surface area contributed by atoms with Crippen LogP contribution in [0.25, 0.3) is 0 Å². The first-order chi connectivity index (χ1) is 10.9. The molecule has 7 nitrogen and oxygen atoms in total. The van der Waals surface area contributed by atoms with E-state index in [0.29, 0.717) is 12.1 Å². The summed E-state index contributed by atoms with van der Waals surface area (Å²) in [7, 11) is -2.39. The van der Waals surface area contributed by atoms with Gasteiger partial charge in [-0.25, -0.2) is 17.9 Å². The maximum atomic E-state index is 12.3. The van der Waals surface area contributed by atoms with Gasteiger partial charge in [-0.3, -0.25) is 5.32 Å². The first-order valence-electron chi connectivity index (χ1n) is 6.89. The summed E-state index contributed by atoms with van der Waals surface area (Å²) in [4.78, 5) is 11.2. The number of furan rings is 1. The number of hydrogen-bond acceptors (Lipinski definition) is 5. The highest BCUT2D eigenvalue weighted by molar-refractivity contribution is 7.89. The van der Waals surface area contributed by atoms with E-state index in [2.05, 4.69) is 14.8 Å². The van der Waals surface area contributed by atoms with Crippen LogP contribution in [0.5, 0.6) is 0 Å². The van der Waals surface area contributed by atoms with Crippen molar-refractivity contribution in [2.24, 2.45) is 0 Å². The second kappa shape index (κ2) is 7.30. The van der Waals surface area contributed by atoms with Gasteiger partial charge in [0, 0.05) is 11.7 Å². The van der Waals surface area contributed by atoms with Crippen molar-refractivity contribution in [3.63, 3.8) is 0 Å². The van der Waals surface area contributed by atoms with Crippen molar-refractivity contribution in [2.45, 2.75) is 24.3 Å². The van der Waals surface area contributed by atoms with E-state index in [1.165, 1.54) is 31.4 Å². The van der Waals surface area contributed by atoms with Gasteiger partial charge in [0.15, 0.2) is 0 Å². The van der Waals surface area contributed by atoms with Crippen LogP contribution in [0, 0.1) is 0 Å². The third-order valence-corrected chi connectivity index (χ3v) is 4.68. The number of sulfonamides is 1. The van der Waals surface area contributed by atoms with Crippen LogP contribution < -0.4 is 10.0 Å². The first-order valence-corrected chi connectivity index (χ1v) is 8.37. The topological polar surface area (TPSA) is 97.6 Å². The van der Waals surface area contributed by atoms with Crippen molar-refractivity contribution in [3.8, 4) is 0 Å². The summed E-state index contributed by atoms with van der Waals surface area (Å²) in [6, 6.07) is 7.32. The Morgan fingerprint density at radius 2 is 1.96 bits per heavy atom. The second-order valence-corrected chi connectivity index (χ2v) is 6.71. The molecular weight excluding hydrogens is 320 g/mol. The number of benzene rings is 1. The molecule has 2 rings (SSSR count). The maximum absolute atomic E-state index is 12.3. The van der Waals surface area contributed by atoms with Crippen molar-refractivity contribution >= 4 is 21.8 Å². The van der Waals surface area contributed by atoms with E-state index in [1.54, 1.807) is 25.5 Å². The van der Waals surface area contributed by atoms with Crippen LogP contribution in [0.3, 0.4) is 0 Å². The molecule has 2 aromatic rings. The van der Waals surface area contributed by atoms with Gasteiger partial charge >= 0.3 is 6.09 Å². The Hall–Kier alpha value is -2.32. The minimum atomic E-state index is -3.64. The van der Waals surface area contributed by atoms with E-state index < -0.39 is 16.1 Å². The number of nitrogens with one attached hydrogen (secondary N) is 2. The Bertz CT molecular complexity index is 739. The number of ether oxygens (including phenoxy) is 1. The van der Waals surface area contributed by atoms with E-state index in [4.69, 9.17) is 4.42 Å². The molecule has 1 heterocycles. The van der Waals surface area contributed by atoms with E-state index in [0.717, 1.165) is 5.56 Å². The molecule has 0 aliphatic carbocycles. The molecule has 0 aliphatic rings. The normalized spacial score (nSPS) is 12.6. The Balaban J connectivity index is 2.02.